The summed E-state index contributed by atoms with van der Waals surface area (Å²) >= 11 is 0. The van der Waals surface area contributed by atoms with E-state index in [0.717, 1.165) is 28.8 Å². The van der Waals surface area contributed by atoms with E-state index in [0.29, 0.717) is 24.3 Å². The first-order valence-corrected chi connectivity index (χ1v) is 7.63. The lowest BCUT2D eigenvalue weighted by Gasteiger charge is -2.13. The van der Waals surface area contributed by atoms with E-state index in [1.165, 1.54) is 0 Å². The van der Waals surface area contributed by atoms with Crippen molar-refractivity contribution in [2.24, 2.45) is 0 Å². The predicted molar refractivity (Wildman–Crippen MR) is 88.6 cm³/mol. The quantitative estimate of drug-likeness (QED) is 0.751. The molecule has 3 aromatic rings. The number of aldehydes is 1. The van der Waals surface area contributed by atoms with E-state index in [-0.39, 0.29) is 5.91 Å². The Kier molecular flexibility index (Phi) is 3.42. The Balaban J connectivity index is 1.72. The van der Waals surface area contributed by atoms with Crippen LogP contribution in [0.3, 0.4) is 0 Å². The molecule has 6 heteroatoms. The van der Waals surface area contributed by atoms with Crippen LogP contribution in [0.5, 0.6) is 0 Å². The SMILES string of the molecule is O=Cc1ccc(-c2cc(-c3cc4n(n3)CCNC4=O)ccn2)cc1. The van der Waals surface area contributed by atoms with Gasteiger partial charge >= 0.3 is 0 Å². The number of amides is 1. The molecule has 1 aliphatic heterocycles. The number of carbonyl (C=O) groups is 2. The molecule has 0 bridgehead atoms. The van der Waals surface area contributed by atoms with Gasteiger partial charge in [-0.25, -0.2) is 0 Å². The number of nitrogens with zero attached hydrogens (tertiary/aromatic N) is 3. The monoisotopic (exact) mass is 318 g/mol. The molecule has 1 N–H and O–H groups in total. The van der Waals surface area contributed by atoms with Gasteiger partial charge in [-0.3, -0.25) is 19.3 Å². The third-order valence-electron chi connectivity index (χ3n) is 4.02. The number of benzene rings is 1. The molecule has 0 spiro atoms. The van der Waals surface area contributed by atoms with E-state index in [9.17, 15) is 9.59 Å². The smallest absolute Gasteiger partial charge is 0.269 e. The summed E-state index contributed by atoms with van der Waals surface area (Å²) in [6.07, 6.45) is 2.53. The third kappa shape index (κ3) is 2.48. The summed E-state index contributed by atoms with van der Waals surface area (Å²) in [5, 5.41) is 7.33. The van der Waals surface area contributed by atoms with Crippen molar-refractivity contribution in [2.75, 3.05) is 6.54 Å². The van der Waals surface area contributed by atoms with Crippen LogP contribution < -0.4 is 5.32 Å². The molecule has 0 unspecified atom stereocenters. The van der Waals surface area contributed by atoms with Crippen LogP contribution in [0.2, 0.25) is 0 Å². The van der Waals surface area contributed by atoms with Gasteiger partial charge in [0.2, 0.25) is 0 Å². The maximum Gasteiger partial charge on any atom is 0.269 e. The number of hydrogen-bond donors (Lipinski definition) is 1. The van der Waals surface area contributed by atoms with Gasteiger partial charge in [0.25, 0.3) is 5.91 Å². The van der Waals surface area contributed by atoms with Gasteiger partial charge in [-0.05, 0) is 18.2 Å². The van der Waals surface area contributed by atoms with E-state index in [1.807, 2.05) is 24.3 Å². The lowest BCUT2D eigenvalue weighted by molar-refractivity contribution is 0.0924. The van der Waals surface area contributed by atoms with Crippen molar-refractivity contribution in [3.8, 4) is 22.5 Å². The first kappa shape index (κ1) is 14.3. The minimum atomic E-state index is -0.0984. The maximum absolute atomic E-state index is 11.9. The molecule has 0 fully saturated rings. The van der Waals surface area contributed by atoms with Crippen LogP contribution in [-0.2, 0) is 6.54 Å². The van der Waals surface area contributed by atoms with Crippen LogP contribution in [0.4, 0.5) is 0 Å². The Hall–Kier alpha value is -3.28. The summed E-state index contributed by atoms with van der Waals surface area (Å²) in [7, 11) is 0. The highest BCUT2D eigenvalue weighted by Crippen LogP contribution is 2.25. The van der Waals surface area contributed by atoms with Crippen molar-refractivity contribution < 1.29 is 9.59 Å². The van der Waals surface area contributed by atoms with Crippen molar-refractivity contribution in [1.29, 1.82) is 0 Å². The van der Waals surface area contributed by atoms with E-state index in [1.54, 1.807) is 29.1 Å². The van der Waals surface area contributed by atoms with Gasteiger partial charge < -0.3 is 5.32 Å². The average molecular weight is 318 g/mol. The molecule has 2 aromatic heterocycles. The molecule has 0 atom stereocenters. The average Bonchev–Trinajstić information content (AvgIpc) is 3.08. The van der Waals surface area contributed by atoms with Crippen molar-refractivity contribution in [2.45, 2.75) is 6.54 Å². The number of fused-ring (bicyclic) bond motifs is 1. The van der Waals surface area contributed by atoms with Gasteiger partial charge in [0.1, 0.15) is 12.0 Å². The second-order valence-corrected chi connectivity index (χ2v) is 5.56. The van der Waals surface area contributed by atoms with Crippen molar-refractivity contribution >= 4 is 12.2 Å². The summed E-state index contributed by atoms with van der Waals surface area (Å²) in [6.45, 7) is 1.27. The van der Waals surface area contributed by atoms with E-state index >= 15 is 0 Å². The topological polar surface area (TPSA) is 76.9 Å². The molecule has 0 radical (unpaired) electrons. The second kappa shape index (κ2) is 5.73. The zero-order valence-corrected chi connectivity index (χ0v) is 12.8. The molecular formula is C18H14N4O2. The highest BCUT2D eigenvalue weighted by atomic mass is 16.2. The normalized spacial score (nSPS) is 13.2. The summed E-state index contributed by atoms with van der Waals surface area (Å²) < 4.78 is 1.73. The van der Waals surface area contributed by atoms with Crippen LogP contribution in [0.15, 0.2) is 48.7 Å². The van der Waals surface area contributed by atoms with Gasteiger partial charge in [0.05, 0.1) is 17.9 Å². The van der Waals surface area contributed by atoms with Crippen LogP contribution in [0.1, 0.15) is 20.8 Å². The Labute approximate surface area is 138 Å². The number of nitrogens with one attached hydrogen (secondary N) is 1. The summed E-state index contributed by atoms with van der Waals surface area (Å²) in [5.74, 6) is -0.0984. The summed E-state index contributed by atoms with van der Waals surface area (Å²) in [6, 6.07) is 12.8. The van der Waals surface area contributed by atoms with Crippen molar-refractivity contribution in [1.82, 2.24) is 20.1 Å². The second-order valence-electron chi connectivity index (χ2n) is 5.56. The molecule has 24 heavy (non-hydrogen) atoms. The molecular weight excluding hydrogens is 304 g/mol. The van der Waals surface area contributed by atoms with Gasteiger partial charge in [0, 0.05) is 29.4 Å². The lowest BCUT2D eigenvalue weighted by Crippen LogP contribution is -2.35. The molecule has 1 aromatic carbocycles. The van der Waals surface area contributed by atoms with Gasteiger partial charge in [-0.1, -0.05) is 24.3 Å². The lowest BCUT2D eigenvalue weighted by atomic mass is 10.1. The van der Waals surface area contributed by atoms with Gasteiger partial charge in [0.15, 0.2) is 0 Å². The Morgan fingerprint density at radius 2 is 1.88 bits per heavy atom. The molecule has 1 amide bonds. The highest BCUT2D eigenvalue weighted by molar-refractivity contribution is 5.94. The fraction of sp³-hybridized carbons (Fsp3) is 0.111. The molecule has 0 aliphatic carbocycles. The third-order valence-corrected chi connectivity index (χ3v) is 4.02. The highest BCUT2D eigenvalue weighted by Gasteiger charge is 2.19. The molecule has 4 rings (SSSR count). The Morgan fingerprint density at radius 1 is 1.04 bits per heavy atom. The van der Waals surface area contributed by atoms with E-state index in [4.69, 9.17) is 0 Å². The maximum atomic E-state index is 11.9. The molecule has 0 saturated heterocycles. The Morgan fingerprint density at radius 3 is 2.62 bits per heavy atom. The number of aromatic nitrogens is 3. The zero-order chi connectivity index (χ0) is 16.5. The van der Waals surface area contributed by atoms with Gasteiger partial charge in [-0.15, -0.1) is 0 Å². The first-order chi connectivity index (χ1) is 11.7. The summed E-state index contributed by atoms with van der Waals surface area (Å²) in [4.78, 5) is 27.0. The van der Waals surface area contributed by atoms with Crippen LogP contribution in [-0.4, -0.2) is 33.5 Å². The van der Waals surface area contributed by atoms with Gasteiger partial charge in [-0.2, -0.15) is 5.10 Å². The number of rotatable bonds is 3. The fourth-order valence-electron chi connectivity index (χ4n) is 2.76. The van der Waals surface area contributed by atoms with Crippen LogP contribution >= 0.6 is 0 Å². The number of pyridine rings is 1. The minimum Gasteiger partial charge on any atom is -0.349 e. The van der Waals surface area contributed by atoms with Crippen LogP contribution in [0, 0.1) is 0 Å². The standard InChI is InChI=1S/C18H14N4O2/c23-11-12-1-3-13(4-2-12)15-9-14(5-6-19-15)16-10-17-18(24)20-7-8-22(17)21-16/h1-6,9-11H,7-8H2,(H,20,24). The molecule has 6 nitrogen and oxygen atoms in total. The van der Waals surface area contributed by atoms with Crippen molar-refractivity contribution in [3.63, 3.8) is 0 Å². The van der Waals surface area contributed by atoms with E-state index in [2.05, 4.69) is 15.4 Å². The largest absolute Gasteiger partial charge is 0.349 e. The molecule has 0 saturated carbocycles. The summed E-state index contributed by atoms with van der Waals surface area (Å²) in [5.41, 5.74) is 4.56. The molecule has 1 aliphatic rings. The fourth-order valence-corrected chi connectivity index (χ4v) is 2.76. The predicted octanol–water partition coefficient (Wildman–Crippen LogP) is 2.17. The first-order valence-electron chi connectivity index (χ1n) is 7.63. The zero-order valence-electron chi connectivity index (χ0n) is 12.8. The molecule has 118 valence electrons. The van der Waals surface area contributed by atoms with Crippen molar-refractivity contribution in [3.05, 3.63) is 59.9 Å². The van der Waals surface area contributed by atoms with Crippen LogP contribution in [0.25, 0.3) is 22.5 Å². The van der Waals surface area contributed by atoms with E-state index < -0.39 is 0 Å². The minimum absolute atomic E-state index is 0.0984. The number of hydrogen-bond acceptors (Lipinski definition) is 4. The number of carbonyl (C=O) groups excluding carboxylic acids is 2. The molecule has 3 heterocycles. The Bertz CT molecular complexity index is 928.